The lowest BCUT2D eigenvalue weighted by molar-refractivity contribution is 0.577. The van der Waals surface area contributed by atoms with Gasteiger partial charge in [0, 0.05) is 17.1 Å². The summed E-state index contributed by atoms with van der Waals surface area (Å²) in [5, 5.41) is 1.03. The Labute approximate surface area is 79.9 Å². The molecule has 62 valence electrons. The average Bonchev–Trinajstić information content (AvgIpc) is 2.07. The van der Waals surface area contributed by atoms with Crippen molar-refractivity contribution in [2.24, 2.45) is 11.7 Å². The molecule has 1 nitrogen and oxygen atoms in total. The molecule has 0 aromatic rings. The number of rotatable bonds is 4. The third-order valence-electron chi connectivity index (χ3n) is 1.69. The number of hydrogen-bond donors (Lipinski definition) is 1. The first-order valence-corrected chi connectivity index (χ1v) is 5.41. The molecule has 0 bridgehead atoms. The molecule has 0 aliphatic rings. The largest absolute Gasteiger partial charge is 0.404 e. The molecule has 0 rings (SSSR count). The summed E-state index contributed by atoms with van der Waals surface area (Å²) in [6, 6.07) is 0. The van der Waals surface area contributed by atoms with Gasteiger partial charge in [0.2, 0.25) is 0 Å². The molecule has 0 aromatic carbocycles. The van der Waals surface area contributed by atoms with Gasteiger partial charge < -0.3 is 5.73 Å². The summed E-state index contributed by atoms with van der Waals surface area (Å²) < 4.78 is 0. The molecule has 0 saturated heterocycles. The first-order valence-electron chi connectivity index (χ1n) is 3.71. The van der Waals surface area contributed by atoms with Crippen molar-refractivity contribution in [3.63, 3.8) is 0 Å². The lowest BCUT2D eigenvalue weighted by Gasteiger charge is -2.09. The second-order valence-corrected chi connectivity index (χ2v) is 3.41. The third-order valence-corrected chi connectivity index (χ3v) is 2.98. The average molecular weight is 232 g/mol. The Morgan fingerprint density at radius 3 is 2.73 bits per heavy atom. The number of alkyl halides is 1. The Morgan fingerprint density at radius 1 is 1.82 bits per heavy atom. The number of hydrogen-bond acceptors (Lipinski definition) is 1. The fourth-order valence-electron chi connectivity index (χ4n) is 0.794. The summed E-state index contributed by atoms with van der Waals surface area (Å²) in [6.07, 6.45) is 3.81. The molecule has 2 N–H and O–H groups in total. The van der Waals surface area contributed by atoms with Gasteiger partial charge in [-0.3, -0.25) is 0 Å². The van der Waals surface area contributed by atoms with Crippen LogP contribution in [0.25, 0.3) is 0 Å². The molecular weight excluding hydrogens is 218 g/mol. The van der Waals surface area contributed by atoms with Crippen molar-refractivity contribution in [2.75, 3.05) is 5.33 Å². The SMILES string of the molecule is CC[C@@H](CBr)C/C(C#[SiH])=C\N. The molecule has 0 saturated carbocycles. The minimum Gasteiger partial charge on any atom is -0.404 e. The summed E-state index contributed by atoms with van der Waals surface area (Å²) >= 11 is 3.46. The van der Waals surface area contributed by atoms with Crippen LogP contribution >= 0.6 is 15.9 Å². The van der Waals surface area contributed by atoms with E-state index < -0.39 is 0 Å². The van der Waals surface area contributed by atoms with Gasteiger partial charge in [-0.25, -0.2) is 0 Å². The van der Waals surface area contributed by atoms with Gasteiger partial charge in [-0.15, -0.1) is 5.50 Å². The number of halogens is 1. The van der Waals surface area contributed by atoms with Crippen LogP contribution in [0, 0.1) is 11.4 Å². The van der Waals surface area contributed by atoms with E-state index >= 15 is 0 Å². The summed E-state index contributed by atoms with van der Waals surface area (Å²) in [7, 11) is 2.46. The molecule has 3 heteroatoms. The maximum absolute atomic E-state index is 5.39. The van der Waals surface area contributed by atoms with E-state index in [1.807, 2.05) is 0 Å². The second-order valence-electron chi connectivity index (χ2n) is 2.47. The maximum atomic E-state index is 5.39. The highest BCUT2D eigenvalue weighted by Crippen LogP contribution is 2.15. The smallest absolute Gasteiger partial charge is 0.00985 e. The Morgan fingerprint density at radius 2 is 2.45 bits per heavy atom. The van der Waals surface area contributed by atoms with Gasteiger partial charge in [-0.05, 0) is 22.0 Å². The number of allylic oxidation sites excluding steroid dienone is 1. The van der Waals surface area contributed by atoms with Gasteiger partial charge >= 0.3 is 0 Å². The quantitative estimate of drug-likeness (QED) is 0.577. The topological polar surface area (TPSA) is 26.0 Å². The van der Waals surface area contributed by atoms with E-state index in [4.69, 9.17) is 5.73 Å². The zero-order valence-corrected chi connectivity index (χ0v) is 9.55. The lowest BCUT2D eigenvalue weighted by atomic mass is 10.0. The Bertz CT molecular complexity index is 167. The first kappa shape index (κ1) is 11.0. The van der Waals surface area contributed by atoms with E-state index in [1.165, 1.54) is 6.42 Å². The highest BCUT2D eigenvalue weighted by Gasteiger charge is 2.04. The molecule has 0 radical (unpaired) electrons. The summed E-state index contributed by atoms with van der Waals surface area (Å²) in [5.74, 6) is 0.679. The molecule has 0 unspecified atom stereocenters. The molecule has 0 fully saturated rings. The second kappa shape index (κ2) is 6.71. The van der Waals surface area contributed by atoms with Gasteiger partial charge in [0.1, 0.15) is 0 Å². The first-order chi connectivity index (χ1) is 5.28. The molecule has 0 aliphatic heterocycles. The predicted molar refractivity (Wildman–Crippen MR) is 55.5 cm³/mol. The van der Waals surface area contributed by atoms with Gasteiger partial charge in [0.25, 0.3) is 0 Å². The van der Waals surface area contributed by atoms with E-state index in [-0.39, 0.29) is 0 Å². The minimum absolute atomic E-state index is 0.679. The van der Waals surface area contributed by atoms with E-state index in [2.05, 4.69) is 38.0 Å². The third kappa shape index (κ3) is 4.46. The van der Waals surface area contributed by atoms with Crippen LogP contribution in [0.15, 0.2) is 11.8 Å². The van der Waals surface area contributed by atoms with E-state index in [9.17, 15) is 0 Å². The fraction of sp³-hybridized carbons (Fsp3) is 0.625. The summed E-state index contributed by atoms with van der Waals surface area (Å²) in [4.78, 5) is 0. The molecule has 0 spiro atoms. The van der Waals surface area contributed by atoms with Crippen LogP contribution < -0.4 is 5.73 Å². The van der Waals surface area contributed by atoms with Gasteiger partial charge in [-0.2, -0.15) is 0 Å². The zero-order valence-electron chi connectivity index (χ0n) is 6.81. The van der Waals surface area contributed by atoms with Crippen molar-refractivity contribution < 1.29 is 0 Å². The van der Waals surface area contributed by atoms with Gasteiger partial charge in [0.15, 0.2) is 0 Å². The van der Waals surface area contributed by atoms with Crippen LogP contribution in [0.5, 0.6) is 0 Å². The molecule has 11 heavy (non-hydrogen) atoms. The van der Waals surface area contributed by atoms with Crippen LogP contribution in [-0.4, -0.2) is 15.0 Å². The van der Waals surface area contributed by atoms with Crippen LogP contribution in [-0.2, 0) is 0 Å². The summed E-state index contributed by atoms with van der Waals surface area (Å²) in [6.45, 7) is 2.18. The van der Waals surface area contributed by atoms with Crippen molar-refractivity contribution in [2.45, 2.75) is 19.8 Å². The Kier molecular flexibility index (Phi) is 6.72. The van der Waals surface area contributed by atoms with Crippen LogP contribution in [0.1, 0.15) is 19.8 Å². The zero-order chi connectivity index (χ0) is 8.69. The summed E-state index contributed by atoms with van der Waals surface area (Å²) in [5.41, 5.74) is 9.46. The van der Waals surface area contributed by atoms with E-state index in [1.54, 1.807) is 6.20 Å². The molecule has 0 amide bonds. The highest BCUT2D eigenvalue weighted by atomic mass is 79.9. The van der Waals surface area contributed by atoms with E-state index in [0.717, 1.165) is 17.3 Å². The van der Waals surface area contributed by atoms with Crippen LogP contribution in [0.4, 0.5) is 0 Å². The van der Waals surface area contributed by atoms with Crippen molar-refractivity contribution in [3.05, 3.63) is 11.8 Å². The molecule has 0 heterocycles. The van der Waals surface area contributed by atoms with E-state index in [0.29, 0.717) is 5.92 Å². The monoisotopic (exact) mass is 231 g/mol. The van der Waals surface area contributed by atoms with Crippen LogP contribution in [0.3, 0.4) is 0 Å². The Balaban J connectivity index is 3.91. The van der Waals surface area contributed by atoms with Crippen molar-refractivity contribution in [1.82, 2.24) is 0 Å². The van der Waals surface area contributed by atoms with Gasteiger partial charge in [0.05, 0.1) is 0 Å². The number of nitrogens with two attached hydrogens (primary N) is 1. The standard InChI is InChI=1S/C8H14BrNSi/c1-2-7(4-9)3-8(5-10)6-11/h5,7,11H,2-4,10H2,1H3/b8-5+/t7-/m1/s1. The lowest BCUT2D eigenvalue weighted by Crippen LogP contribution is -2.02. The highest BCUT2D eigenvalue weighted by molar-refractivity contribution is 9.09. The molecule has 1 atom stereocenters. The van der Waals surface area contributed by atoms with Gasteiger partial charge in [-0.1, -0.05) is 29.3 Å². The van der Waals surface area contributed by atoms with Crippen molar-refractivity contribution >= 4 is 25.6 Å². The molecule has 0 aromatic heterocycles. The van der Waals surface area contributed by atoms with Crippen LogP contribution in [0.2, 0.25) is 0 Å². The minimum atomic E-state index is 0.679. The molecular formula is C8H14BrNSi. The van der Waals surface area contributed by atoms with Crippen molar-refractivity contribution in [3.8, 4) is 5.50 Å². The normalized spacial score (nSPS) is 14.1. The molecule has 0 aliphatic carbocycles. The predicted octanol–water partition coefficient (Wildman–Crippen LogP) is 1.50. The fourth-order valence-corrected chi connectivity index (χ4v) is 1.69. The Hall–Kier alpha value is 0.0169. The maximum Gasteiger partial charge on any atom is 0.00985 e. The van der Waals surface area contributed by atoms with Crippen molar-refractivity contribution in [1.29, 1.82) is 0 Å².